The predicted molar refractivity (Wildman–Crippen MR) is 122 cm³/mol. The summed E-state index contributed by atoms with van der Waals surface area (Å²) in [6.45, 7) is 1.61. The number of piperidine rings is 3. The zero-order chi connectivity index (χ0) is 20.1. The Morgan fingerprint density at radius 1 is 1.10 bits per heavy atom. The standard InChI is InChI=1S/C26H25NO2S/c28-26(19-8-7-17-4-1-2-5-18(17)12-19)29-16-24-23-14-21-9-10-25(24)27(21)15-20(23)13-22-6-3-11-30-22/h1-8,11-13,21,23-25H,9-10,14-16H2/b20-13+/t21-,23+,24-,25+/m0/s1. The van der Waals surface area contributed by atoms with Gasteiger partial charge >= 0.3 is 5.97 Å². The Morgan fingerprint density at radius 3 is 2.87 bits per heavy atom. The molecule has 7 rings (SSSR count). The highest BCUT2D eigenvalue weighted by atomic mass is 32.1. The summed E-state index contributed by atoms with van der Waals surface area (Å²) in [4.78, 5) is 16.9. The zero-order valence-electron chi connectivity index (χ0n) is 16.9. The fourth-order valence-electron chi connectivity index (χ4n) is 5.92. The number of benzene rings is 2. The largest absolute Gasteiger partial charge is 0.462 e. The van der Waals surface area contributed by atoms with E-state index in [1.807, 2.05) is 36.4 Å². The van der Waals surface area contributed by atoms with Crippen LogP contribution >= 0.6 is 11.3 Å². The average Bonchev–Trinajstić information content (AvgIpc) is 3.40. The van der Waals surface area contributed by atoms with E-state index < -0.39 is 0 Å². The van der Waals surface area contributed by atoms with E-state index in [1.54, 1.807) is 11.3 Å². The minimum atomic E-state index is -0.199. The Morgan fingerprint density at radius 2 is 2.00 bits per heavy atom. The van der Waals surface area contributed by atoms with Gasteiger partial charge in [0.05, 0.1) is 12.2 Å². The second-order valence-electron chi connectivity index (χ2n) is 8.87. The number of fused-ring (bicyclic) bond motifs is 2. The molecule has 30 heavy (non-hydrogen) atoms. The minimum absolute atomic E-state index is 0.199. The average molecular weight is 416 g/mol. The van der Waals surface area contributed by atoms with Gasteiger partial charge < -0.3 is 4.74 Å². The molecular weight excluding hydrogens is 390 g/mol. The number of carbonyl (C=O) groups excluding carboxylic acids is 1. The summed E-state index contributed by atoms with van der Waals surface area (Å²) in [7, 11) is 0. The predicted octanol–water partition coefficient (Wildman–Crippen LogP) is 5.62. The molecule has 2 aromatic carbocycles. The van der Waals surface area contributed by atoms with E-state index in [1.165, 1.54) is 29.7 Å². The molecule has 0 saturated carbocycles. The van der Waals surface area contributed by atoms with Crippen molar-refractivity contribution < 1.29 is 9.53 Å². The van der Waals surface area contributed by atoms with Crippen LogP contribution in [0.25, 0.3) is 16.8 Å². The fraction of sp³-hybridized carbons (Fsp3) is 0.346. The molecule has 4 saturated heterocycles. The molecule has 4 aliphatic rings. The van der Waals surface area contributed by atoms with Gasteiger partial charge in [0.25, 0.3) is 0 Å². The summed E-state index contributed by atoms with van der Waals surface area (Å²) in [6, 6.07) is 19.6. The Labute approximate surface area is 181 Å². The first kappa shape index (κ1) is 18.3. The topological polar surface area (TPSA) is 29.5 Å². The monoisotopic (exact) mass is 415 g/mol. The number of hydrogen-bond donors (Lipinski definition) is 0. The lowest BCUT2D eigenvalue weighted by atomic mass is 9.71. The van der Waals surface area contributed by atoms with Gasteiger partial charge in [-0.3, -0.25) is 4.90 Å². The van der Waals surface area contributed by atoms with Crippen molar-refractivity contribution >= 4 is 34.2 Å². The van der Waals surface area contributed by atoms with E-state index in [0.29, 0.717) is 30.0 Å². The van der Waals surface area contributed by atoms with Gasteiger partial charge in [-0.2, -0.15) is 0 Å². The number of carbonyl (C=O) groups is 1. The van der Waals surface area contributed by atoms with Crippen LogP contribution in [0.5, 0.6) is 0 Å². The molecule has 0 radical (unpaired) electrons. The molecule has 152 valence electrons. The molecule has 0 aliphatic carbocycles. The van der Waals surface area contributed by atoms with Gasteiger partial charge in [0, 0.05) is 29.4 Å². The highest BCUT2D eigenvalue weighted by Gasteiger charge is 2.52. The van der Waals surface area contributed by atoms with Crippen molar-refractivity contribution in [1.29, 1.82) is 0 Å². The molecule has 1 aromatic heterocycles. The fourth-order valence-corrected chi connectivity index (χ4v) is 6.61. The first-order valence-corrected chi connectivity index (χ1v) is 11.8. The summed E-state index contributed by atoms with van der Waals surface area (Å²) in [6.07, 6.45) is 6.14. The van der Waals surface area contributed by atoms with Crippen molar-refractivity contribution in [3.05, 3.63) is 76.0 Å². The second-order valence-corrected chi connectivity index (χ2v) is 9.85. The van der Waals surface area contributed by atoms with Crippen molar-refractivity contribution in [2.45, 2.75) is 31.3 Å². The van der Waals surface area contributed by atoms with Crippen molar-refractivity contribution in [3.63, 3.8) is 0 Å². The lowest BCUT2D eigenvalue weighted by Crippen LogP contribution is -2.57. The van der Waals surface area contributed by atoms with Crippen molar-refractivity contribution in [1.82, 2.24) is 4.90 Å². The van der Waals surface area contributed by atoms with E-state index >= 15 is 0 Å². The molecule has 0 amide bonds. The van der Waals surface area contributed by atoms with Gasteiger partial charge in [-0.1, -0.05) is 42.0 Å². The van der Waals surface area contributed by atoms with Crippen molar-refractivity contribution in [2.24, 2.45) is 11.8 Å². The van der Waals surface area contributed by atoms with Crippen molar-refractivity contribution in [2.75, 3.05) is 13.2 Å². The number of nitrogens with zero attached hydrogens (tertiary/aromatic N) is 1. The van der Waals surface area contributed by atoms with Gasteiger partial charge in [-0.25, -0.2) is 4.79 Å². The third-order valence-electron chi connectivity index (χ3n) is 7.33. The van der Waals surface area contributed by atoms with E-state index in [2.05, 4.69) is 34.6 Å². The summed E-state index contributed by atoms with van der Waals surface area (Å²) in [5, 5.41) is 4.36. The number of ether oxygens (including phenoxy) is 1. The maximum Gasteiger partial charge on any atom is 0.338 e. The number of hydrogen-bond acceptors (Lipinski definition) is 4. The van der Waals surface area contributed by atoms with Crippen LogP contribution < -0.4 is 0 Å². The molecule has 0 N–H and O–H groups in total. The number of rotatable bonds is 4. The normalized spacial score (nSPS) is 30.8. The molecule has 5 atom stereocenters. The first-order chi connectivity index (χ1) is 14.8. The first-order valence-electron chi connectivity index (χ1n) is 10.9. The van der Waals surface area contributed by atoms with E-state index in [0.717, 1.165) is 23.4 Å². The molecule has 4 heteroatoms. The number of esters is 1. The van der Waals surface area contributed by atoms with Crippen LogP contribution in [0.1, 0.15) is 34.5 Å². The van der Waals surface area contributed by atoms with Crippen molar-refractivity contribution in [3.8, 4) is 0 Å². The molecule has 5 heterocycles. The van der Waals surface area contributed by atoms with Crippen LogP contribution in [0.2, 0.25) is 0 Å². The molecular formula is C26H25NO2S. The SMILES string of the molecule is O=C(OC[C@H]1[C@@H]2C[C@@H]3CC[C@H]1N3C/C2=C\c1cccs1)c1ccc2ccccc2c1. The highest BCUT2D eigenvalue weighted by molar-refractivity contribution is 7.10. The third kappa shape index (κ3) is 3.10. The molecule has 1 unspecified atom stereocenters. The third-order valence-corrected chi connectivity index (χ3v) is 8.15. The highest BCUT2D eigenvalue weighted by Crippen LogP contribution is 2.50. The van der Waals surface area contributed by atoms with E-state index in [4.69, 9.17) is 4.74 Å². The lowest BCUT2D eigenvalue weighted by molar-refractivity contribution is -0.0150. The van der Waals surface area contributed by atoms with Crippen LogP contribution in [0.15, 0.2) is 65.6 Å². The minimum Gasteiger partial charge on any atom is -0.462 e. The summed E-state index contributed by atoms with van der Waals surface area (Å²) >= 11 is 1.80. The molecule has 3 nitrogen and oxygen atoms in total. The van der Waals surface area contributed by atoms with Crippen LogP contribution in [0.3, 0.4) is 0 Å². The maximum absolute atomic E-state index is 12.8. The summed E-state index contributed by atoms with van der Waals surface area (Å²) in [5.41, 5.74) is 2.17. The Hall–Kier alpha value is -2.43. The van der Waals surface area contributed by atoms with Gasteiger partial charge in [-0.15, -0.1) is 11.3 Å². The van der Waals surface area contributed by atoms with Crippen LogP contribution in [0, 0.1) is 11.8 Å². The van der Waals surface area contributed by atoms with Gasteiger partial charge in [0.2, 0.25) is 0 Å². The maximum atomic E-state index is 12.8. The van der Waals surface area contributed by atoms with E-state index in [9.17, 15) is 4.79 Å². The van der Waals surface area contributed by atoms with Crippen LogP contribution in [-0.4, -0.2) is 36.1 Å². The number of thiophene rings is 1. The van der Waals surface area contributed by atoms with Crippen LogP contribution in [-0.2, 0) is 4.74 Å². The summed E-state index contributed by atoms with van der Waals surface area (Å²) in [5.74, 6) is 0.752. The molecule has 3 aromatic rings. The molecule has 0 spiro atoms. The van der Waals surface area contributed by atoms with E-state index in [-0.39, 0.29) is 5.97 Å². The lowest BCUT2D eigenvalue weighted by Gasteiger charge is -2.51. The Balaban J connectivity index is 1.21. The second kappa shape index (κ2) is 7.36. The van der Waals surface area contributed by atoms with Gasteiger partial charge in [0.15, 0.2) is 0 Å². The molecule has 4 fully saturated rings. The summed E-state index contributed by atoms with van der Waals surface area (Å²) < 4.78 is 5.91. The van der Waals surface area contributed by atoms with Gasteiger partial charge in [-0.05, 0) is 65.6 Å². The molecule has 4 bridgehead atoms. The van der Waals surface area contributed by atoms with Gasteiger partial charge in [0.1, 0.15) is 0 Å². The van der Waals surface area contributed by atoms with Crippen LogP contribution in [0.4, 0.5) is 0 Å². The Kier molecular flexibility index (Phi) is 4.50. The quantitative estimate of drug-likeness (QED) is 0.518. The molecule has 4 aliphatic heterocycles. The zero-order valence-corrected chi connectivity index (χ0v) is 17.7. The Bertz CT molecular complexity index is 1120. The smallest absolute Gasteiger partial charge is 0.338 e.